The monoisotopic (exact) mass is 484 g/mol. The van der Waals surface area contributed by atoms with Gasteiger partial charge in [0, 0.05) is 6.42 Å². The quantitative estimate of drug-likeness (QED) is 0.299. The number of aliphatic hydroxyl groups excluding tert-OH is 2. The first-order valence-corrected chi connectivity index (χ1v) is 11.8. The molecule has 2 heterocycles. The van der Waals surface area contributed by atoms with Crippen LogP contribution in [0, 0.1) is 0 Å². The van der Waals surface area contributed by atoms with Crippen LogP contribution in [0.25, 0.3) is 0 Å². The van der Waals surface area contributed by atoms with E-state index in [1.807, 2.05) is 91.0 Å². The predicted octanol–water partition coefficient (Wildman–Crippen LogP) is 2.83. The van der Waals surface area contributed by atoms with Crippen molar-refractivity contribution >= 4 is 11.7 Å². The Bertz CT molecular complexity index is 1210. The van der Waals surface area contributed by atoms with Gasteiger partial charge in [-0.25, -0.2) is 4.98 Å². The number of nitrogen functional groups attached to an aromatic ring is 1. The number of aliphatic hydroxyl groups is 2. The van der Waals surface area contributed by atoms with Crippen molar-refractivity contribution in [2.24, 2.45) is 0 Å². The highest BCUT2D eigenvalue weighted by molar-refractivity contribution is 5.97. The lowest BCUT2D eigenvalue weighted by atomic mass is 9.77. The molecule has 0 unspecified atom stereocenters. The summed E-state index contributed by atoms with van der Waals surface area (Å²) >= 11 is 0. The Morgan fingerprint density at radius 2 is 1.47 bits per heavy atom. The molecule has 1 aromatic heterocycles. The minimum absolute atomic E-state index is 0.0488. The van der Waals surface area contributed by atoms with Crippen molar-refractivity contribution in [2.75, 3.05) is 12.3 Å². The average molecular weight is 485 g/mol. The second kappa shape index (κ2) is 9.94. The molecule has 3 atom stereocenters. The van der Waals surface area contributed by atoms with Crippen LogP contribution in [0.3, 0.4) is 0 Å². The van der Waals surface area contributed by atoms with Crippen LogP contribution < -0.4 is 11.1 Å². The smallest absolute Gasteiger partial charge is 0.274 e. The lowest BCUT2D eigenvalue weighted by Crippen LogP contribution is -2.48. The second-order valence-electron chi connectivity index (χ2n) is 8.80. The largest absolute Gasteiger partial charge is 0.394 e. The van der Waals surface area contributed by atoms with Crippen LogP contribution in [0.15, 0.2) is 97.3 Å². The summed E-state index contributed by atoms with van der Waals surface area (Å²) in [6.45, 7) is -0.312. The molecule has 1 fully saturated rings. The minimum atomic E-state index is -1.01. The fourth-order valence-corrected chi connectivity index (χ4v) is 4.84. The molecule has 4 aromatic rings. The Kier molecular flexibility index (Phi) is 6.56. The number of benzene rings is 3. The molecule has 0 radical (unpaired) electrons. The van der Waals surface area contributed by atoms with Crippen molar-refractivity contribution < 1.29 is 19.7 Å². The number of imidazole rings is 1. The molecular formula is C28H28N4O4. The third-order valence-corrected chi connectivity index (χ3v) is 6.66. The summed E-state index contributed by atoms with van der Waals surface area (Å²) in [5.74, 6) is -0.341. The summed E-state index contributed by atoms with van der Waals surface area (Å²) < 4.78 is 7.22. The van der Waals surface area contributed by atoms with E-state index in [2.05, 4.69) is 10.3 Å². The van der Waals surface area contributed by atoms with Crippen molar-refractivity contribution in [3.05, 3.63) is 120 Å². The van der Waals surface area contributed by atoms with E-state index in [1.54, 1.807) is 0 Å². The molecule has 0 bridgehead atoms. The second-order valence-corrected chi connectivity index (χ2v) is 8.80. The minimum Gasteiger partial charge on any atom is -0.394 e. The van der Waals surface area contributed by atoms with Gasteiger partial charge in [0.05, 0.1) is 19.0 Å². The number of nitrogens with two attached hydrogens (primary N) is 1. The van der Waals surface area contributed by atoms with Crippen molar-refractivity contribution in [2.45, 2.75) is 30.4 Å². The van der Waals surface area contributed by atoms with Gasteiger partial charge in [-0.05, 0) is 16.7 Å². The molecule has 184 valence electrons. The van der Waals surface area contributed by atoms with Crippen molar-refractivity contribution in [3.8, 4) is 0 Å². The Hall–Kier alpha value is -3.98. The molecule has 5 rings (SSSR count). The first-order chi connectivity index (χ1) is 17.5. The number of hydrogen-bond donors (Lipinski definition) is 4. The van der Waals surface area contributed by atoms with Gasteiger partial charge >= 0.3 is 0 Å². The summed E-state index contributed by atoms with van der Waals surface area (Å²) in [5.41, 5.74) is 8.03. The highest BCUT2D eigenvalue weighted by Gasteiger charge is 2.40. The number of rotatable bonds is 7. The number of nitrogens with one attached hydrogen (secondary N) is 1. The Morgan fingerprint density at radius 3 is 1.92 bits per heavy atom. The SMILES string of the molecule is Nc1c(C(=O)NC(c2ccccc2)(c2ccccc2)c2ccccc2)ncn1[C@H]1C[C@H](O)[C@@H](CO)O1. The normalized spacial score (nSPS) is 19.8. The van der Waals surface area contributed by atoms with Crippen molar-refractivity contribution in [1.82, 2.24) is 14.9 Å². The van der Waals surface area contributed by atoms with Crippen LogP contribution in [-0.2, 0) is 10.3 Å². The molecule has 1 saturated heterocycles. The number of carbonyl (C=O) groups excluding carboxylic acids is 1. The summed E-state index contributed by atoms with van der Waals surface area (Å²) in [5, 5.41) is 22.8. The Labute approximate surface area is 209 Å². The number of anilines is 1. The molecule has 36 heavy (non-hydrogen) atoms. The van der Waals surface area contributed by atoms with E-state index in [1.165, 1.54) is 10.9 Å². The van der Waals surface area contributed by atoms with Crippen LogP contribution in [0.5, 0.6) is 0 Å². The first-order valence-electron chi connectivity index (χ1n) is 11.8. The molecule has 1 amide bonds. The molecule has 3 aromatic carbocycles. The molecule has 0 aliphatic carbocycles. The summed E-state index contributed by atoms with van der Waals surface area (Å²) in [6.07, 6.45) is -0.517. The van der Waals surface area contributed by atoms with E-state index < -0.39 is 29.9 Å². The van der Waals surface area contributed by atoms with Crippen LogP contribution in [0.2, 0.25) is 0 Å². The van der Waals surface area contributed by atoms with Crippen LogP contribution >= 0.6 is 0 Å². The zero-order chi connectivity index (χ0) is 25.1. The number of amides is 1. The summed E-state index contributed by atoms with van der Waals surface area (Å²) in [6, 6.07) is 29.3. The number of hydrogen-bond acceptors (Lipinski definition) is 6. The van der Waals surface area contributed by atoms with Crippen molar-refractivity contribution in [3.63, 3.8) is 0 Å². The van der Waals surface area contributed by atoms with Gasteiger partial charge in [-0.1, -0.05) is 91.0 Å². The highest BCUT2D eigenvalue weighted by Crippen LogP contribution is 2.37. The van der Waals surface area contributed by atoms with Gasteiger partial charge in [0.2, 0.25) is 0 Å². The lowest BCUT2D eigenvalue weighted by molar-refractivity contribution is -0.0437. The van der Waals surface area contributed by atoms with Crippen LogP contribution in [-0.4, -0.2) is 44.5 Å². The highest BCUT2D eigenvalue weighted by atomic mass is 16.5. The lowest BCUT2D eigenvalue weighted by Gasteiger charge is -2.36. The zero-order valence-electron chi connectivity index (χ0n) is 19.6. The fraction of sp³-hybridized carbons (Fsp3) is 0.214. The summed E-state index contributed by atoms with van der Waals surface area (Å²) in [4.78, 5) is 18.1. The third-order valence-electron chi connectivity index (χ3n) is 6.66. The average Bonchev–Trinajstić information content (AvgIpc) is 3.50. The molecule has 1 aliphatic rings. The molecule has 0 saturated carbocycles. The number of carbonyl (C=O) groups is 1. The van der Waals surface area contributed by atoms with E-state index >= 15 is 0 Å². The molecule has 0 spiro atoms. The van der Waals surface area contributed by atoms with Gasteiger partial charge in [-0.15, -0.1) is 0 Å². The van der Waals surface area contributed by atoms with E-state index in [0.29, 0.717) is 0 Å². The molecule has 5 N–H and O–H groups in total. The predicted molar refractivity (Wildman–Crippen MR) is 135 cm³/mol. The topological polar surface area (TPSA) is 123 Å². The van der Waals surface area contributed by atoms with Crippen LogP contribution in [0.1, 0.15) is 39.8 Å². The number of ether oxygens (including phenoxy) is 1. The van der Waals surface area contributed by atoms with Gasteiger partial charge < -0.3 is 26.0 Å². The summed E-state index contributed by atoms with van der Waals surface area (Å²) in [7, 11) is 0. The van der Waals surface area contributed by atoms with Crippen molar-refractivity contribution in [1.29, 1.82) is 0 Å². The fourth-order valence-electron chi connectivity index (χ4n) is 4.84. The molecule has 1 aliphatic heterocycles. The van der Waals surface area contributed by atoms with E-state index in [9.17, 15) is 15.0 Å². The van der Waals surface area contributed by atoms with Crippen LogP contribution in [0.4, 0.5) is 5.82 Å². The maximum absolute atomic E-state index is 13.8. The maximum atomic E-state index is 13.8. The number of aromatic nitrogens is 2. The Balaban J connectivity index is 1.58. The van der Waals surface area contributed by atoms with Gasteiger partial charge in [-0.2, -0.15) is 0 Å². The third kappa shape index (κ3) is 4.15. The number of nitrogens with zero attached hydrogens (tertiary/aromatic N) is 2. The Morgan fingerprint density at radius 1 is 0.972 bits per heavy atom. The zero-order valence-corrected chi connectivity index (χ0v) is 19.6. The van der Waals surface area contributed by atoms with E-state index in [0.717, 1.165) is 16.7 Å². The van der Waals surface area contributed by atoms with Gasteiger partial charge in [0.15, 0.2) is 5.69 Å². The molecule has 8 nitrogen and oxygen atoms in total. The van der Waals surface area contributed by atoms with E-state index in [-0.39, 0.29) is 24.5 Å². The molecular weight excluding hydrogens is 456 g/mol. The maximum Gasteiger partial charge on any atom is 0.274 e. The molecule has 8 heteroatoms. The standard InChI is InChI=1S/C28H28N4O4/c29-26-25(30-18-32(26)24-16-22(34)23(17-33)36-24)27(35)31-28(19-10-4-1-5-11-19,20-12-6-2-7-13-20)21-14-8-3-9-15-21/h1-15,18,22-24,33-34H,16-17,29H2,(H,31,35)/t22-,23+,24+/m0/s1. The van der Waals surface area contributed by atoms with Gasteiger partial charge in [0.25, 0.3) is 5.91 Å². The van der Waals surface area contributed by atoms with Gasteiger partial charge in [0.1, 0.15) is 23.7 Å². The van der Waals surface area contributed by atoms with Gasteiger partial charge in [-0.3, -0.25) is 9.36 Å². The first kappa shape index (κ1) is 23.7. The van der Waals surface area contributed by atoms with E-state index in [4.69, 9.17) is 10.5 Å².